The summed E-state index contributed by atoms with van der Waals surface area (Å²) in [4.78, 5) is 4.41. The van der Waals surface area contributed by atoms with Gasteiger partial charge in [0.2, 0.25) is 0 Å². The van der Waals surface area contributed by atoms with Gasteiger partial charge in [-0.05, 0) is 43.2 Å². The summed E-state index contributed by atoms with van der Waals surface area (Å²) < 4.78 is 0. The number of aryl methyl sites for hydroxylation is 2. The zero-order valence-corrected chi connectivity index (χ0v) is 14.3. The number of rotatable bonds is 2. The first kappa shape index (κ1) is 17.3. The Kier molecular flexibility index (Phi) is 7.94. The fourth-order valence-corrected chi connectivity index (χ4v) is 1.59. The van der Waals surface area contributed by atoms with Gasteiger partial charge < -0.3 is 5.11 Å². The molecule has 0 aliphatic heterocycles. The summed E-state index contributed by atoms with van der Waals surface area (Å²) in [6.45, 7) is 4.06. The summed E-state index contributed by atoms with van der Waals surface area (Å²) in [6, 6.07) is 13.3. The number of aliphatic imine (C=N–C) groups is 1. The van der Waals surface area contributed by atoms with Gasteiger partial charge in [-0.25, -0.2) is 0 Å². The van der Waals surface area contributed by atoms with Crippen LogP contribution in [0.2, 0.25) is 0 Å². The summed E-state index contributed by atoms with van der Waals surface area (Å²) in [5.41, 5.74) is 3.98. The van der Waals surface area contributed by atoms with E-state index in [-0.39, 0.29) is 5.75 Å². The van der Waals surface area contributed by atoms with E-state index >= 15 is 0 Å². The van der Waals surface area contributed by atoms with E-state index in [0.717, 1.165) is 16.8 Å². The normalized spacial score (nSPS) is 10.0. The first-order valence-electron chi connectivity index (χ1n) is 5.94. The van der Waals surface area contributed by atoms with E-state index in [0.29, 0.717) is 0 Å². The molecule has 0 fully saturated rings. The van der Waals surface area contributed by atoms with Crippen LogP contribution in [0.25, 0.3) is 0 Å². The molecule has 0 radical (unpaired) electrons. The monoisotopic (exact) mass is 343 g/mol. The van der Waals surface area contributed by atoms with Crippen molar-refractivity contribution < 1.29 is 22.1 Å². The number of para-hydroxylation sites is 1. The van der Waals surface area contributed by atoms with Crippen molar-refractivity contribution in [3.63, 3.8) is 0 Å². The van der Waals surface area contributed by atoms with Gasteiger partial charge in [0.1, 0.15) is 5.75 Å². The van der Waals surface area contributed by atoms with E-state index in [4.69, 9.17) is 18.6 Å². The van der Waals surface area contributed by atoms with Gasteiger partial charge in [0.15, 0.2) is 0 Å². The van der Waals surface area contributed by atoms with Crippen LogP contribution in [-0.4, -0.2) is 11.3 Å². The standard InChI is InChI=1S/C15H15NO.2ClH.Ti/c1-11-7-8-12(2)14(9-11)16-10-13-5-3-4-6-15(13)17;;;/h3-10,17H,1-2H3;2*1H;/q;;;+2/p-2. The van der Waals surface area contributed by atoms with Crippen LogP contribution in [0.1, 0.15) is 16.7 Å². The molecule has 20 heavy (non-hydrogen) atoms. The summed E-state index contributed by atoms with van der Waals surface area (Å²) in [5, 5.41) is 9.62. The molecule has 2 rings (SSSR count). The maximum absolute atomic E-state index is 9.62. The third-order valence-electron chi connectivity index (χ3n) is 2.64. The fraction of sp³-hybridized carbons (Fsp3) is 0.133. The molecule has 0 unspecified atom stereocenters. The quantitative estimate of drug-likeness (QED) is 0.594. The number of benzene rings is 2. The zero-order valence-electron chi connectivity index (χ0n) is 11.3. The first-order valence-corrected chi connectivity index (χ1v) is 10.2. The summed E-state index contributed by atoms with van der Waals surface area (Å²) in [5.74, 6) is 0.251. The van der Waals surface area contributed by atoms with Gasteiger partial charge in [-0.2, -0.15) is 0 Å². The first-order chi connectivity index (χ1) is 9.58. The number of phenols is 1. The molecular weight excluding hydrogens is 329 g/mol. The molecule has 5 heteroatoms. The number of phenolic OH excluding ortho intramolecular Hbond substituents is 1. The van der Waals surface area contributed by atoms with Gasteiger partial charge >= 0.3 is 35.6 Å². The number of nitrogens with zero attached hydrogens (tertiary/aromatic N) is 1. The van der Waals surface area contributed by atoms with Crippen LogP contribution in [0.3, 0.4) is 0 Å². The molecule has 0 amide bonds. The Hall–Kier alpha value is -0.796. The van der Waals surface area contributed by atoms with Crippen LogP contribution in [-0.2, 0) is 17.0 Å². The molecule has 0 bridgehead atoms. The average molecular weight is 344 g/mol. The van der Waals surface area contributed by atoms with Crippen molar-refractivity contribution >= 4 is 30.5 Å². The Morgan fingerprint density at radius 2 is 1.75 bits per heavy atom. The molecule has 0 atom stereocenters. The van der Waals surface area contributed by atoms with Gasteiger partial charge in [0.05, 0.1) is 5.69 Å². The topological polar surface area (TPSA) is 32.6 Å². The van der Waals surface area contributed by atoms with Crippen LogP contribution >= 0.6 is 18.6 Å². The Balaban J connectivity index is 0.000000612. The average Bonchev–Trinajstić information content (AvgIpc) is 2.42. The van der Waals surface area contributed by atoms with Crippen LogP contribution < -0.4 is 0 Å². The molecule has 2 aromatic carbocycles. The third kappa shape index (κ3) is 5.68. The third-order valence-corrected chi connectivity index (χ3v) is 2.64. The van der Waals surface area contributed by atoms with E-state index in [1.54, 1.807) is 18.3 Å². The van der Waals surface area contributed by atoms with Crippen molar-refractivity contribution in [1.82, 2.24) is 0 Å². The number of hydrogen-bond acceptors (Lipinski definition) is 2. The van der Waals surface area contributed by atoms with E-state index in [1.165, 1.54) is 5.56 Å². The summed E-state index contributed by atoms with van der Waals surface area (Å²) in [6.07, 6.45) is 1.69. The Morgan fingerprint density at radius 1 is 1.10 bits per heavy atom. The van der Waals surface area contributed by atoms with E-state index in [9.17, 15) is 5.11 Å². The SMILES string of the molecule is Cc1ccc(C)c(N=Cc2ccccc2O)c1.[Cl][Ti][Cl]. The molecule has 2 aromatic rings. The molecule has 0 aliphatic rings. The van der Waals surface area contributed by atoms with E-state index in [1.807, 2.05) is 38.1 Å². The maximum atomic E-state index is 9.62. The number of halogens is 2. The van der Waals surface area contributed by atoms with Crippen molar-refractivity contribution in [2.24, 2.45) is 4.99 Å². The predicted molar refractivity (Wildman–Crippen MR) is 83.0 cm³/mol. The minimum atomic E-state index is -0.556. The molecule has 0 spiro atoms. The second kappa shape index (κ2) is 9.20. The van der Waals surface area contributed by atoms with E-state index < -0.39 is 17.0 Å². The van der Waals surface area contributed by atoms with Gasteiger partial charge in [0.25, 0.3) is 0 Å². The van der Waals surface area contributed by atoms with E-state index in [2.05, 4.69) is 11.1 Å². The van der Waals surface area contributed by atoms with Crippen molar-refractivity contribution in [3.05, 3.63) is 59.2 Å². The second-order valence-corrected chi connectivity index (χ2v) is 6.76. The van der Waals surface area contributed by atoms with Crippen molar-refractivity contribution in [3.8, 4) is 5.75 Å². The summed E-state index contributed by atoms with van der Waals surface area (Å²) >= 11 is -0.556. The molecular formula is C15H15Cl2NOTi. The van der Waals surface area contributed by atoms with Crippen molar-refractivity contribution in [2.45, 2.75) is 13.8 Å². The Labute approximate surface area is 136 Å². The molecule has 0 aliphatic carbocycles. The van der Waals surface area contributed by atoms with Crippen LogP contribution in [0.4, 0.5) is 5.69 Å². The Bertz CT molecular complexity index is 588. The molecule has 2 nitrogen and oxygen atoms in total. The second-order valence-electron chi connectivity index (χ2n) is 4.18. The predicted octanol–water partition coefficient (Wildman–Crippen LogP) is 5.14. The van der Waals surface area contributed by atoms with Gasteiger partial charge in [0, 0.05) is 11.8 Å². The number of hydrogen-bond donors (Lipinski definition) is 1. The van der Waals surface area contributed by atoms with Crippen LogP contribution in [0, 0.1) is 13.8 Å². The molecule has 0 aromatic heterocycles. The minimum absolute atomic E-state index is 0.251. The molecule has 0 saturated heterocycles. The molecule has 0 heterocycles. The number of aromatic hydroxyl groups is 1. The molecule has 1 N–H and O–H groups in total. The summed E-state index contributed by atoms with van der Waals surface area (Å²) in [7, 11) is 9.78. The van der Waals surface area contributed by atoms with Crippen LogP contribution in [0.15, 0.2) is 47.5 Å². The van der Waals surface area contributed by atoms with Crippen LogP contribution in [0.5, 0.6) is 5.75 Å². The van der Waals surface area contributed by atoms with Crippen molar-refractivity contribution in [2.75, 3.05) is 0 Å². The fourth-order valence-electron chi connectivity index (χ4n) is 1.59. The van der Waals surface area contributed by atoms with Gasteiger partial charge in [-0.1, -0.05) is 24.3 Å². The molecule has 104 valence electrons. The Morgan fingerprint density at radius 3 is 2.40 bits per heavy atom. The van der Waals surface area contributed by atoms with Crippen molar-refractivity contribution in [1.29, 1.82) is 0 Å². The van der Waals surface area contributed by atoms with Gasteiger partial charge in [-0.3, -0.25) is 4.99 Å². The molecule has 0 saturated carbocycles. The zero-order chi connectivity index (χ0) is 15.0. The van der Waals surface area contributed by atoms with Gasteiger partial charge in [-0.15, -0.1) is 0 Å².